The summed E-state index contributed by atoms with van der Waals surface area (Å²) in [6.45, 7) is 4.06. The molecule has 0 saturated heterocycles. The first-order chi connectivity index (χ1) is 20.0. The zero-order valence-electron chi connectivity index (χ0n) is 27.2. The number of nitrogens with one attached hydrogen (secondary N) is 1. The second-order valence-electron chi connectivity index (χ2n) is 12.1. The molecule has 0 bridgehead atoms. The van der Waals surface area contributed by atoms with E-state index in [1.54, 1.807) is 0 Å². The average Bonchev–Trinajstić information content (AvgIpc) is 2.94. The van der Waals surface area contributed by atoms with Gasteiger partial charge in [0.15, 0.2) is 0 Å². The summed E-state index contributed by atoms with van der Waals surface area (Å²) in [6.07, 6.45) is 33.1. The summed E-state index contributed by atoms with van der Waals surface area (Å²) < 4.78 is 5.74. The van der Waals surface area contributed by atoms with Crippen LogP contribution < -0.4 is 5.32 Å². The van der Waals surface area contributed by atoms with Gasteiger partial charge in [-0.3, -0.25) is 14.4 Å². The summed E-state index contributed by atoms with van der Waals surface area (Å²) in [4.78, 5) is 34.3. The summed E-state index contributed by atoms with van der Waals surface area (Å²) in [5.74, 6) is -1.32. The minimum Gasteiger partial charge on any atom is -0.480 e. The minimum absolute atomic E-state index is 0.0292. The Labute approximate surface area is 253 Å². The van der Waals surface area contributed by atoms with Crippen LogP contribution in [0.3, 0.4) is 0 Å². The molecule has 242 valence electrons. The van der Waals surface area contributed by atoms with Gasteiger partial charge in [-0.2, -0.15) is 0 Å². The van der Waals surface area contributed by atoms with Gasteiger partial charge in [-0.1, -0.05) is 149 Å². The van der Waals surface area contributed by atoms with Crippen LogP contribution in [0, 0.1) is 0 Å². The lowest BCUT2D eigenvalue weighted by Gasteiger charge is -2.17. The Balaban J connectivity index is 3.51. The van der Waals surface area contributed by atoms with Gasteiger partial charge in [0.1, 0.15) is 12.6 Å². The number of hydrogen-bond acceptors (Lipinski definition) is 4. The predicted octanol–water partition coefficient (Wildman–Crippen LogP) is 10.1. The highest BCUT2D eigenvalue weighted by atomic mass is 16.5. The van der Waals surface area contributed by atoms with Crippen LogP contribution in [-0.2, 0) is 19.1 Å². The van der Waals surface area contributed by atoms with E-state index in [0.717, 1.165) is 51.4 Å². The van der Waals surface area contributed by atoms with Crippen molar-refractivity contribution in [1.82, 2.24) is 5.32 Å². The molecule has 0 aromatic heterocycles. The molecule has 0 aromatic carbocycles. The van der Waals surface area contributed by atoms with Crippen molar-refractivity contribution in [2.75, 3.05) is 6.54 Å². The van der Waals surface area contributed by atoms with E-state index in [9.17, 15) is 14.4 Å². The maximum absolute atomic E-state index is 12.3. The summed E-state index contributed by atoms with van der Waals surface area (Å²) in [5, 5.41) is 11.0. The fourth-order valence-electron chi connectivity index (χ4n) is 5.45. The van der Waals surface area contributed by atoms with Crippen LogP contribution in [-0.4, -0.2) is 35.6 Å². The van der Waals surface area contributed by atoms with Gasteiger partial charge in [0.25, 0.3) is 0 Å². The second kappa shape index (κ2) is 31.3. The number of carbonyl (C=O) groups excluding carboxylic acids is 2. The van der Waals surface area contributed by atoms with Crippen LogP contribution in [0.1, 0.15) is 194 Å². The Morgan fingerprint density at radius 3 is 1.39 bits per heavy atom. The summed E-state index contributed by atoms with van der Waals surface area (Å²) >= 11 is 0. The van der Waals surface area contributed by atoms with Crippen LogP contribution >= 0.6 is 0 Å². The van der Waals surface area contributed by atoms with Gasteiger partial charge >= 0.3 is 11.9 Å². The normalized spacial score (nSPS) is 11.9. The van der Waals surface area contributed by atoms with E-state index in [4.69, 9.17) is 9.84 Å². The number of rotatable bonds is 32. The zero-order valence-corrected chi connectivity index (χ0v) is 27.2. The molecule has 0 aliphatic rings. The Morgan fingerprint density at radius 1 is 0.537 bits per heavy atom. The predicted molar refractivity (Wildman–Crippen MR) is 171 cm³/mol. The average molecular weight is 582 g/mol. The Morgan fingerprint density at radius 2 is 0.951 bits per heavy atom. The third-order valence-corrected chi connectivity index (χ3v) is 8.01. The number of amides is 1. The fraction of sp³-hybridized carbons (Fsp3) is 0.914. The summed E-state index contributed by atoms with van der Waals surface area (Å²) in [5.41, 5.74) is 0. The van der Waals surface area contributed by atoms with Crippen LogP contribution in [0.5, 0.6) is 0 Å². The van der Waals surface area contributed by atoms with Crippen molar-refractivity contribution in [2.24, 2.45) is 0 Å². The van der Waals surface area contributed by atoms with Gasteiger partial charge < -0.3 is 15.2 Å². The van der Waals surface area contributed by atoms with E-state index >= 15 is 0 Å². The van der Waals surface area contributed by atoms with Crippen molar-refractivity contribution in [3.8, 4) is 0 Å². The Bertz CT molecular complexity index is 609. The first-order valence-corrected chi connectivity index (χ1v) is 17.7. The molecule has 2 N–H and O–H groups in total. The van der Waals surface area contributed by atoms with Crippen molar-refractivity contribution >= 4 is 17.8 Å². The van der Waals surface area contributed by atoms with E-state index in [1.165, 1.54) is 116 Å². The van der Waals surface area contributed by atoms with Crippen LogP contribution in [0.25, 0.3) is 0 Å². The molecule has 0 saturated carbocycles. The van der Waals surface area contributed by atoms with Gasteiger partial charge in [0.05, 0.1) is 0 Å². The molecule has 0 heterocycles. The molecule has 0 spiro atoms. The molecule has 0 aliphatic heterocycles. The number of ether oxygens (including phenoxy) is 1. The molecule has 6 nitrogen and oxygen atoms in total. The van der Waals surface area contributed by atoms with Gasteiger partial charge in [-0.15, -0.1) is 0 Å². The molecule has 1 amide bonds. The largest absolute Gasteiger partial charge is 0.480 e. The molecule has 0 aromatic rings. The smallest absolute Gasteiger partial charge is 0.322 e. The van der Waals surface area contributed by atoms with Gasteiger partial charge in [0, 0.05) is 12.8 Å². The molecule has 0 rings (SSSR count). The molecule has 0 fully saturated rings. The summed E-state index contributed by atoms with van der Waals surface area (Å²) in [6, 6.07) is 0. The van der Waals surface area contributed by atoms with Crippen LogP contribution in [0.2, 0.25) is 0 Å². The molecule has 41 heavy (non-hydrogen) atoms. The van der Waals surface area contributed by atoms with E-state index in [0.29, 0.717) is 12.8 Å². The topological polar surface area (TPSA) is 92.7 Å². The van der Waals surface area contributed by atoms with Crippen molar-refractivity contribution in [2.45, 2.75) is 200 Å². The number of esters is 1. The highest BCUT2D eigenvalue weighted by Gasteiger charge is 2.13. The Hall–Kier alpha value is -1.59. The number of hydrogen-bond donors (Lipinski definition) is 2. The molecule has 1 atom stereocenters. The molecular formula is C35H67NO5. The van der Waals surface area contributed by atoms with E-state index in [1.807, 2.05) is 0 Å². The van der Waals surface area contributed by atoms with Crippen molar-refractivity contribution in [3.05, 3.63) is 0 Å². The Kier molecular flexibility index (Phi) is 30.1. The first kappa shape index (κ1) is 39.4. The highest BCUT2D eigenvalue weighted by molar-refractivity contribution is 5.80. The zero-order chi connectivity index (χ0) is 30.2. The standard InChI is InChI=1S/C35H67NO5/c1-3-5-6-7-8-9-10-11-12-13-14-15-16-17-18-19-20-21-22-26-30-35(40)41-32(27-4-2)28-24-23-25-29-33(37)36-31-34(38)39/h32H,3-31H2,1-2H3,(H,36,37)(H,38,39). The number of carboxylic acid groups (broad SMARTS) is 1. The maximum atomic E-state index is 12.3. The molecule has 0 radical (unpaired) electrons. The molecule has 0 aliphatic carbocycles. The van der Waals surface area contributed by atoms with Gasteiger partial charge in [-0.05, 0) is 32.1 Å². The first-order valence-electron chi connectivity index (χ1n) is 17.7. The van der Waals surface area contributed by atoms with Gasteiger partial charge in [0.2, 0.25) is 5.91 Å². The van der Waals surface area contributed by atoms with Crippen molar-refractivity contribution in [3.63, 3.8) is 0 Å². The number of carbonyl (C=O) groups is 3. The lowest BCUT2D eigenvalue weighted by molar-refractivity contribution is -0.150. The monoisotopic (exact) mass is 582 g/mol. The lowest BCUT2D eigenvalue weighted by Crippen LogP contribution is -2.28. The number of aliphatic carboxylic acids is 1. The third kappa shape index (κ3) is 31.2. The number of carboxylic acids is 1. The van der Waals surface area contributed by atoms with E-state index in [2.05, 4.69) is 19.2 Å². The van der Waals surface area contributed by atoms with Crippen molar-refractivity contribution in [1.29, 1.82) is 0 Å². The molecular weight excluding hydrogens is 514 g/mol. The highest BCUT2D eigenvalue weighted by Crippen LogP contribution is 2.17. The minimum atomic E-state index is -1.03. The van der Waals surface area contributed by atoms with Crippen LogP contribution in [0.15, 0.2) is 0 Å². The summed E-state index contributed by atoms with van der Waals surface area (Å²) in [7, 11) is 0. The maximum Gasteiger partial charge on any atom is 0.322 e. The fourth-order valence-corrected chi connectivity index (χ4v) is 5.45. The van der Waals surface area contributed by atoms with Crippen molar-refractivity contribution < 1.29 is 24.2 Å². The lowest BCUT2D eigenvalue weighted by atomic mass is 10.0. The number of unbranched alkanes of at least 4 members (excludes halogenated alkanes) is 21. The molecule has 6 heteroatoms. The quantitative estimate of drug-likeness (QED) is 0.0609. The van der Waals surface area contributed by atoms with E-state index < -0.39 is 5.97 Å². The van der Waals surface area contributed by atoms with E-state index in [-0.39, 0.29) is 24.5 Å². The van der Waals surface area contributed by atoms with Gasteiger partial charge in [-0.25, -0.2) is 0 Å². The SMILES string of the molecule is CCCCCCCCCCCCCCCCCCCCCCC(=O)OC(CCC)CCCCCC(=O)NCC(=O)O. The molecule has 1 unspecified atom stereocenters. The second-order valence-corrected chi connectivity index (χ2v) is 12.1. The van der Waals surface area contributed by atoms with Crippen LogP contribution in [0.4, 0.5) is 0 Å². The third-order valence-electron chi connectivity index (χ3n) is 8.01.